The lowest BCUT2D eigenvalue weighted by Crippen LogP contribution is -2.31. The third kappa shape index (κ3) is 3.45. The quantitative estimate of drug-likeness (QED) is 0.469. The molecule has 0 N–H and O–H groups in total. The minimum absolute atomic E-state index is 0.172. The number of rotatable bonds is 5. The first-order valence-corrected chi connectivity index (χ1v) is 8.05. The molecule has 0 aromatic heterocycles. The molecule has 110 valence electrons. The summed E-state index contributed by atoms with van der Waals surface area (Å²) >= 11 is 0. The van der Waals surface area contributed by atoms with Gasteiger partial charge in [-0.2, -0.15) is 0 Å². The molecule has 1 amide bonds. The van der Waals surface area contributed by atoms with E-state index in [1.54, 1.807) is 13.8 Å². The van der Waals surface area contributed by atoms with Crippen LogP contribution in [-0.4, -0.2) is 37.2 Å². The van der Waals surface area contributed by atoms with Gasteiger partial charge in [-0.1, -0.05) is 0 Å². The van der Waals surface area contributed by atoms with Crippen molar-refractivity contribution in [3.05, 3.63) is 33.9 Å². The molecule has 0 spiro atoms. The number of halogens is 1. The van der Waals surface area contributed by atoms with E-state index in [1.165, 1.54) is 4.90 Å². The Labute approximate surface area is 120 Å². The van der Waals surface area contributed by atoms with Crippen LogP contribution in [0.2, 0.25) is 0 Å². The summed E-state index contributed by atoms with van der Waals surface area (Å²) in [5, 5.41) is 10.7. The van der Waals surface area contributed by atoms with Crippen LogP contribution in [0.1, 0.15) is 24.2 Å². The molecule has 0 radical (unpaired) electrons. The van der Waals surface area contributed by atoms with Gasteiger partial charge in [-0.15, -0.1) is 0 Å². The van der Waals surface area contributed by atoms with Crippen molar-refractivity contribution in [2.45, 2.75) is 18.7 Å². The third-order valence-electron chi connectivity index (χ3n) is 2.72. The van der Waals surface area contributed by atoms with Crippen molar-refractivity contribution in [3.8, 4) is 0 Å². The van der Waals surface area contributed by atoms with Gasteiger partial charge in [-0.3, -0.25) is 14.9 Å². The molecule has 0 aliphatic rings. The van der Waals surface area contributed by atoms with Gasteiger partial charge >= 0.3 is 0 Å². The molecule has 0 aliphatic heterocycles. The maximum atomic E-state index is 12.2. The number of amides is 1. The fourth-order valence-electron chi connectivity index (χ4n) is 1.68. The van der Waals surface area contributed by atoms with Gasteiger partial charge in [0.25, 0.3) is 20.6 Å². The van der Waals surface area contributed by atoms with Crippen LogP contribution in [0.5, 0.6) is 0 Å². The van der Waals surface area contributed by atoms with Crippen molar-refractivity contribution in [1.82, 2.24) is 4.90 Å². The molecule has 9 heteroatoms. The Morgan fingerprint density at radius 3 is 2.30 bits per heavy atom. The Bertz CT molecular complexity index is 640. The predicted octanol–water partition coefficient (Wildman–Crippen LogP) is 2.00. The Morgan fingerprint density at radius 2 is 1.90 bits per heavy atom. The smallest absolute Gasteiger partial charge is 0.270 e. The van der Waals surface area contributed by atoms with Gasteiger partial charge in [0, 0.05) is 35.9 Å². The van der Waals surface area contributed by atoms with Crippen molar-refractivity contribution in [2.75, 3.05) is 13.1 Å². The molecule has 0 heterocycles. The van der Waals surface area contributed by atoms with Gasteiger partial charge < -0.3 is 4.90 Å². The van der Waals surface area contributed by atoms with Gasteiger partial charge in [0.15, 0.2) is 0 Å². The van der Waals surface area contributed by atoms with Crippen molar-refractivity contribution >= 4 is 31.3 Å². The molecule has 1 aromatic carbocycles. The molecule has 0 bridgehead atoms. The molecule has 1 aromatic rings. The van der Waals surface area contributed by atoms with Crippen LogP contribution < -0.4 is 0 Å². The number of hydrogen-bond donors (Lipinski definition) is 0. The van der Waals surface area contributed by atoms with Crippen LogP contribution in [0.3, 0.4) is 0 Å². The van der Waals surface area contributed by atoms with E-state index in [1.807, 2.05) is 0 Å². The van der Waals surface area contributed by atoms with Gasteiger partial charge in [0.2, 0.25) is 0 Å². The highest BCUT2D eigenvalue weighted by Gasteiger charge is 2.26. The van der Waals surface area contributed by atoms with Gasteiger partial charge in [0.1, 0.15) is 4.90 Å². The number of carbonyl (C=O) groups excluding carboxylic acids is 1. The monoisotopic (exact) mass is 320 g/mol. The summed E-state index contributed by atoms with van der Waals surface area (Å²) in [6.45, 7) is 4.24. The third-order valence-corrected chi connectivity index (χ3v) is 4.08. The number of carbonyl (C=O) groups is 1. The van der Waals surface area contributed by atoms with E-state index < -0.39 is 30.5 Å². The fourth-order valence-corrected chi connectivity index (χ4v) is 2.75. The highest BCUT2D eigenvalue weighted by atomic mass is 35.7. The van der Waals surface area contributed by atoms with E-state index in [2.05, 4.69) is 0 Å². The number of non-ortho nitro benzene ring substituents is 1. The summed E-state index contributed by atoms with van der Waals surface area (Å²) in [7, 11) is 0.990. The Balaban J connectivity index is 3.48. The maximum absolute atomic E-state index is 12.2. The number of nitro groups is 1. The van der Waals surface area contributed by atoms with Crippen LogP contribution in [0.25, 0.3) is 0 Å². The first kappa shape index (κ1) is 16.4. The summed E-state index contributed by atoms with van der Waals surface area (Å²) in [4.78, 5) is 23.0. The molecule has 7 nitrogen and oxygen atoms in total. The molecule has 1 rings (SSSR count). The standard InChI is InChI=1S/C11H13ClN2O5S/c1-3-13(4-2)11(15)9-6-5-8(14(16)17)7-10(9)20(12,18)19/h5-7H,3-4H2,1-2H3. The molecule has 0 unspecified atom stereocenters. The van der Waals surface area contributed by atoms with E-state index in [0.717, 1.165) is 18.2 Å². The van der Waals surface area contributed by atoms with Gasteiger partial charge in [0.05, 0.1) is 10.5 Å². The first-order chi connectivity index (χ1) is 9.22. The van der Waals surface area contributed by atoms with E-state index in [9.17, 15) is 23.3 Å². The largest absolute Gasteiger partial charge is 0.339 e. The Kier molecular flexibility index (Phi) is 5.07. The molecule has 20 heavy (non-hydrogen) atoms. The number of nitrogens with zero attached hydrogens (tertiary/aromatic N) is 2. The minimum Gasteiger partial charge on any atom is -0.339 e. The summed E-state index contributed by atoms with van der Waals surface area (Å²) in [5.74, 6) is -0.538. The molecular formula is C11H13ClN2O5S. The molecule has 0 aliphatic carbocycles. The van der Waals surface area contributed by atoms with Gasteiger partial charge in [-0.05, 0) is 19.9 Å². The zero-order valence-corrected chi connectivity index (χ0v) is 12.4. The first-order valence-electron chi connectivity index (χ1n) is 5.74. The summed E-state index contributed by atoms with van der Waals surface area (Å²) in [6.07, 6.45) is 0. The minimum atomic E-state index is -4.26. The second-order valence-corrected chi connectivity index (χ2v) is 6.39. The van der Waals surface area contributed by atoms with E-state index >= 15 is 0 Å². The van der Waals surface area contributed by atoms with Crippen molar-refractivity contribution in [3.63, 3.8) is 0 Å². The van der Waals surface area contributed by atoms with Crippen molar-refractivity contribution in [1.29, 1.82) is 0 Å². The van der Waals surface area contributed by atoms with Crippen LogP contribution in [0.15, 0.2) is 23.1 Å². The number of benzene rings is 1. The molecule has 0 fully saturated rings. The second-order valence-electron chi connectivity index (χ2n) is 3.85. The number of hydrogen-bond acceptors (Lipinski definition) is 5. The van der Waals surface area contributed by atoms with E-state index in [-0.39, 0.29) is 5.56 Å². The summed E-state index contributed by atoms with van der Waals surface area (Å²) < 4.78 is 23.0. The average molecular weight is 321 g/mol. The van der Waals surface area contributed by atoms with Crippen molar-refractivity contribution in [2.24, 2.45) is 0 Å². The average Bonchev–Trinajstić information content (AvgIpc) is 2.38. The fraction of sp³-hybridized carbons (Fsp3) is 0.364. The normalized spacial score (nSPS) is 11.2. The van der Waals surface area contributed by atoms with Gasteiger partial charge in [-0.25, -0.2) is 8.42 Å². The lowest BCUT2D eigenvalue weighted by molar-refractivity contribution is -0.385. The second kappa shape index (κ2) is 6.19. The van der Waals surface area contributed by atoms with Crippen LogP contribution >= 0.6 is 10.7 Å². The molecular weight excluding hydrogens is 308 g/mol. The summed E-state index contributed by atoms with van der Waals surface area (Å²) in [6, 6.07) is 2.97. The lowest BCUT2D eigenvalue weighted by Gasteiger charge is -2.19. The predicted molar refractivity (Wildman–Crippen MR) is 73.4 cm³/mol. The molecule has 0 saturated heterocycles. The molecule has 0 saturated carbocycles. The van der Waals surface area contributed by atoms with Crippen LogP contribution in [0, 0.1) is 10.1 Å². The zero-order valence-electron chi connectivity index (χ0n) is 10.9. The number of nitro benzene ring substituents is 1. The van der Waals surface area contributed by atoms with E-state index in [4.69, 9.17) is 10.7 Å². The highest BCUT2D eigenvalue weighted by molar-refractivity contribution is 8.13. The SMILES string of the molecule is CCN(CC)C(=O)c1ccc([N+](=O)[O-])cc1S(=O)(=O)Cl. The highest BCUT2D eigenvalue weighted by Crippen LogP contribution is 2.26. The summed E-state index contributed by atoms with van der Waals surface area (Å²) in [5.41, 5.74) is -0.616. The zero-order chi connectivity index (χ0) is 15.5. The van der Waals surface area contributed by atoms with Crippen LogP contribution in [0.4, 0.5) is 5.69 Å². The molecule has 0 atom stereocenters. The van der Waals surface area contributed by atoms with Crippen LogP contribution in [-0.2, 0) is 9.05 Å². The lowest BCUT2D eigenvalue weighted by atomic mass is 10.1. The topological polar surface area (TPSA) is 97.6 Å². The Morgan fingerprint density at radius 1 is 1.35 bits per heavy atom. The maximum Gasteiger partial charge on any atom is 0.270 e. The van der Waals surface area contributed by atoms with Crippen molar-refractivity contribution < 1.29 is 18.1 Å². The Hall–Kier alpha value is -1.67. The van der Waals surface area contributed by atoms with E-state index in [0.29, 0.717) is 13.1 Å².